The molecule has 1 aromatic rings. The highest BCUT2D eigenvalue weighted by Crippen LogP contribution is 2.23. The van der Waals surface area contributed by atoms with Crippen molar-refractivity contribution in [3.8, 4) is 11.8 Å². The molecular formula is C15H20O. The first-order chi connectivity index (χ1) is 7.73. The van der Waals surface area contributed by atoms with Crippen LogP contribution in [0.1, 0.15) is 45.1 Å². The Morgan fingerprint density at radius 1 is 1.19 bits per heavy atom. The predicted octanol–water partition coefficient (Wildman–Crippen LogP) is 3.48. The molecule has 1 nitrogen and oxygen atoms in total. The van der Waals surface area contributed by atoms with Crippen molar-refractivity contribution in [3.05, 3.63) is 35.9 Å². The van der Waals surface area contributed by atoms with Crippen molar-refractivity contribution in [1.29, 1.82) is 0 Å². The van der Waals surface area contributed by atoms with Crippen LogP contribution in [0.2, 0.25) is 0 Å². The highest BCUT2D eigenvalue weighted by molar-refractivity contribution is 5.31. The molecule has 1 rings (SSSR count). The Balaban J connectivity index is 2.80. The number of unbranched alkanes of at least 4 members (excludes halogenated alkanes) is 2. The first kappa shape index (κ1) is 12.8. The van der Waals surface area contributed by atoms with E-state index < -0.39 is 5.60 Å². The molecule has 1 unspecified atom stereocenters. The Kier molecular flexibility index (Phi) is 5.08. The monoisotopic (exact) mass is 216 g/mol. The van der Waals surface area contributed by atoms with Crippen molar-refractivity contribution in [2.24, 2.45) is 0 Å². The third-order valence-corrected chi connectivity index (χ3v) is 2.71. The fraction of sp³-hybridized carbons (Fsp3) is 0.467. The summed E-state index contributed by atoms with van der Waals surface area (Å²) >= 11 is 0. The van der Waals surface area contributed by atoms with Crippen LogP contribution in [0.25, 0.3) is 0 Å². The van der Waals surface area contributed by atoms with Gasteiger partial charge in [-0.05, 0) is 18.4 Å². The third kappa shape index (κ3) is 3.40. The standard InChI is InChI=1S/C15H20O/c1-3-5-6-10-13-15(16,4-2)14-11-8-7-9-12-14/h7-9,11-12,16H,3-6H2,1-2H3. The second-order valence-electron chi connectivity index (χ2n) is 3.99. The molecule has 0 saturated heterocycles. The van der Waals surface area contributed by atoms with Gasteiger partial charge in [0.2, 0.25) is 0 Å². The molecule has 86 valence electrons. The van der Waals surface area contributed by atoms with Crippen LogP contribution >= 0.6 is 0 Å². The van der Waals surface area contributed by atoms with Crippen LogP contribution in [-0.4, -0.2) is 5.11 Å². The van der Waals surface area contributed by atoms with E-state index in [1.54, 1.807) is 0 Å². The normalized spacial score (nSPS) is 13.7. The van der Waals surface area contributed by atoms with Crippen LogP contribution < -0.4 is 0 Å². The number of benzene rings is 1. The highest BCUT2D eigenvalue weighted by Gasteiger charge is 2.23. The van der Waals surface area contributed by atoms with E-state index in [9.17, 15) is 5.11 Å². The molecule has 0 bridgehead atoms. The summed E-state index contributed by atoms with van der Waals surface area (Å²) in [6, 6.07) is 9.67. The molecule has 1 aromatic carbocycles. The maximum atomic E-state index is 10.4. The van der Waals surface area contributed by atoms with Crippen molar-refractivity contribution < 1.29 is 5.11 Å². The van der Waals surface area contributed by atoms with Gasteiger partial charge in [0.1, 0.15) is 0 Å². The van der Waals surface area contributed by atoms with E-state index in [1.165, 1.54) is 0 Å². The predicted molar refractivity (Wildman–Crippen MR) is 67.9 cm³/mol. The number of hydrogen-bond donors (Lipinski definition) is 1. The van der Waals surface area contributed by atoms with Gasteiger partial charge in [0.25, 0.3) is 0 Å². The van der Waals surface area contributed by atoms with Gasteiger partial charge in [-0.25, -0.2) is 0 Å². The lowest BCUT2D eigenvalue weighted by atomic mass is 9.91. The maximum absolute atomic E-state index is 10.4. The van der Waals surface area contributed by atoms with Crippen molar-refractivity contribution in [1.82, 2.24) is 0 Å². The molecule has 0 heterocycles. The molecule has 1 N–H and O–H groups in total. The van der Waals surface area contributed by atoms with Gasteiger partial charge in [0, 0.05) is 6.42 Å². The zero-order valence-corrected chi connectivity index (χ0v) is 10.2. The van der Waals surface area contributed by atoms with Gasteiger partial charge in [-0.1, -0.05) is 62.4 Å². The fourth-order valence-electron chi connectivity index (χ4n) is 1.55. The molecule has 16 heavy (non-hydrogen) atoms. The van der Waals surface area contributed by atoms with E-state index in [4.69, 9.17) is 0 Å². The van der Waals surface area contributed by atoms with Gasteiger partial charge < -0.3 is 5.11 Å². The average Bonchev–Trinajstić information content (AvgIpc) is 2.35. The summed E-state index contributed by atoms with van der Waals surface area (Å²) in [5, 5.41) is 10.4. The summed E-state index contributed by atoms with van der Waals surface area (Å²) in [7, 11) is 0. The van der Waals surface area contributed by atoms with Gasteiger partial charge >= 0.3 is 0 Å². The SMILES string of the molecule is CCCCC#CC(O)(CC)c1ccccc1. The minimum atomic E-state index is -0.977. The van der Waals surface area contributed by atoms with Crippen molar-refractivity contribution >= 4 is 0 Å². The lowest BCUT2D eigenvalue weighted by molar-refractivity contribution is 0.0958. The number of rotatable bonds is 4. The maximum Gasteiger partial charge on any atom is 0.150 e. The summed E-state index contributed by atoms with van der Waals surface area (Å²) in [5.74, 6) is 6.08. The fourth-order valence-corrected chi connectivity index (χ4v) is 1.55. The van der Waals surface area contributed by atoms with Gasteiger partial charge in [0.15, 0.2) is 5.60 Å². The highest BCUT2D eigenvalue weighted by atomic mass is 16.3. The summed E-state index contributed by atoms with van der Waals surface area (Å²) in [5.41, 5.74) is -0.0869. The molecule has 0 aliphatic carbocycles. The molecule has 0 radical (unpaired) electrons. The smallest absolute Gasteiger partial charge is 0.150 e. The Morgan fingerprint density at radius 3 is 2.44 bits per heavy atom. The van der Waals surface area contributed by atoms with Crippen LogP contribution in [0, 0.1) is 11.8 Å². The Hall–Kier alpha value is -1.26. The van der Waals surface area contributed by atoms with E-state index in [0.717, 1.165) is 24.8 Å². The minimum Gasteiger partial charge on any atom is -0.373 e. The average molecular weight is 216 g/mol. The molecule has 0 aromatic heterocycles. The van der Waals surface area contributed by atoms with Crippen molar-refractivity contribution in [2.45, 2.75) is 45.1 Å². The quantitative estimate of drug-likeness (QED) is 0.603. The zero-order valence-electron chi connectivity index (χ0n) is 10.2. The van der Waals surface area contributed by atoms with E-state index >= 15 is 0 Å². The third-order valence-electron chi connectivity index (χ3n) is 2.71. The molecule has 0 spiro atoms. The summed E-state index contributed by atoms with van der Waals surface area (Å²) in [4.78, 5) is 0. The molecule has 0 fully saturated rings. The van der Waals surface area contributed by atoms with Gasteiger partial charge in [-0.15, -0.1) is 0 Å². The zero-order chi connectivity index (χ0) is 11.9. The lowest BCUT2D eigenvalue weighted by Gasteiger charge is -2.20. The number of hydrogen-bond acceptors (Lipinski definition) is 1. The summed E-state index contributed by atoms with van der Waals surface area (Å²) < 4.78 is 0. The van der Waals surface area contributed by atoms with E-state index in [-0.39, 0.29) is 0 Å². The lowest BCUT2D eigenvalue weighted by Crippen LogP contribution is -2.22. The van der Waals surface area contributed by atoms with E-state index in [1.807, 2.05) is 37.3 Å². The number of aliphatic hydroxyl groups is 1. The van der Waals surface area contributed by atoms with Gasteiger partial charge in [0.05, 0.1) is 0 Å². The molecule has 0 aliphatic heterocycles. The topological polar surface area (TPSA) is 20.2 Å². The molecular weight excluding hydrogens is 196 g/mol. The van der Waals surface area contributed by atoms with Crippen LogP contribution in [-0.2, 0) is 5.60 Å². The largest absolute Gasteiger partial charge is 0.373 e. The Morgan fingerprint density at radius 2 is 1.88 bits per heavy atom. The molecule has 0 amide bonds. The molecule has 1 atom stereocenters. The van der Waals surface area contributed by atoms with Crippen LogP contribution in [0.3, 0.4) is 0 Å². The van der Waals surface area contributed by atoms with Crippen LogP contribution in [0.5, 0.6) is 0 Å². The van der Waals surface area contributed by atoms with Crippen LogP contribution in [0.15, 0.2) is 30.3 Å². The van der Waals surface area contributed by atoms with Crippen molar-refractivity contribution in [2.75, 3.05) is 0 Å². The van der Waals surface area contributed by atoms with Gasteiger partial charge in [-0.2, -0.15) is 0 Å². The van der Waals surface area contributed by atoms with E-state index in [2.05, 4.69) is 18.8 Å². The second-order valence-corrected chi connectivity index (χ2v) is 3.99. The van der Waals surface area contributed by atoms with Crippen LogP contribution in [0.4, 0.5) is 0 Å². The minimum absolute atomic E-state index is 0.621. The first-order valence-corrected chi connectivity index (χ1v) is 6.01. The summed E-state index contributed by atoms with van der Waals surface area (Å²) in [6.07, 6.45) is 3.73. The first-order valence-electron chi connectivity index (χ1n) is 6.01. The van der Waals surface area contributed by atoms with Crippen molar-refractivity contribution in [3.63, 3.8) is 0 Å². The molecule has 0 aliphatic rings. The van der Waals surface area contributed by atoms with Gasteiger partial charge in [-0.3, -0.25) is 0 Å². The van der Waals surface area contributed by atoms with E-state index in [0.29, 0.717) is 6.42 Å². The summed E-state index contributed by atoms with van der Waals surface area (Å²) in [6.45, 7) is 4.10. The Bertz CT molecular complexity index is 358. The second kappa shape index (κ2) is 6.35. The Labute approximate surface area is 98.5 Å². The molecule has 1 heteroatoms. The molecule has 0 saturated carbocycles.